The molecular formula is C20H28N4O. The first kappa shape index (κ1) is 16.5. The van der Waals surface area contributed by atoms with Crippen molar-refractivity contribution < 1.29 is 4.79 Å². The number of nitrogens with zero attached hydrogens (tertiary/aromatic N) is 2. The molecule has 1 aromatic heterocycles. The van der Waals surface area contributed by atoms with Crippen molar-refractivity contribution in [3.63, 3.8) is 0 Å². The molecule has 2 atom stereocenters. The first-order valence-corrected chi connectivity index (χ1v) is 9.52. The van der Waals surface area contributed by atoms with Gasteiger partial charge in [0.05, 0.1) is 0 Å². The van der Waals surface area contributed by atoms with Crippen molar-refractivity contribution in [3.8, 4) is 0 Å². The Labute approximate surface area is 149 Å². The third-order valence-electron chi connectivity index (χ3n) is 6.01. The Balaban J connectivity index is 1.25. The molecule has 4 rings (SSSR count). The number of H-pyrrole nitrogens is 1. The second-order valence-electron chi connectivity index (χ2n) is 7.48. The van der Waals surface area contributed by atoms with Crippen LogP contribution in [0.1, 0.15) is 31.2 Å². The molecule has 2 aromatic rings. The highest BCUT2D eigenvalue weighted by Crippen LogP contribution is 2.28. The predicted octanol–water partition coefficient (Wildman–Crippen LogP) is 2.98. The lowest BCUT2D eigenvalue weighted by molar-refractivity contribution is 0.188. The van der Waals surface area contributed by atoms with E-state index in [0.717, 1.165) is 38.9 Å². The topological polar surface area (TPSA) is 51.4 Å². The average molecular weight is 340 g/mol. The molecule has 2 aliphatic heterocycles. The van der Waals surface area contributed by atoms with Gasteiger partial charge in [0.1, 0.15) is 0 Å². The van der Waals surface area contributed by atoms with Crippen molar-refractivity contribution in [2.75, 3.05) is 26.7 Å². The van der Waals surface area contributed by atoms with Crippen LogP contribution in [0, 0.1) is 0 Å². The van der Waals surface area contributed by atoms with Gasteiger partial charge in [-0.25, -0.2) is 4.79 Å². The third kappa shape index (κ3) is 3.38. The van der Waals surface area contributed by atoms with E-state index in [4.69, 9.17) is 0 Å². The molecule has 0 saturated carbocycles. The Morgan fingerprint density at radius 3 is 3.00 bits per heavy atom. The standard InChI is InChI=1S/C20H28N4O/c1-23-16-8-9-17(23)14-24(12-10-16)20(25)21-11-4-5-15-13-22-19-7-3-2-6-18(15)19/h2-3,6-7,13,16-17,22H,4-5,8-12,14H2,1H3,(H,21,25)/t16-,17-/m0/s1. The molecule has 134 valence electrons. The summed E-state index contributed by atoms with van der Waals surface area (Å²) < 4.78 is 0. The third-order valence-corrected chi connectivity index (χ3v) is 6.01. The van der Waals surface area contributed by atoms with E-state index in [2.05, 4.69) is 46.6 Å². The maximum absolute atomic E-state index is 12.5. The number of likely N-dealkylation sites (N-methyl/N-ethyl adjacent to an activating group) is 1. The number of benzene rings is 1. The van der Waals surface area contributed by atoms with Gasteiger partial charge in [-0.2, -0.15) is 0 Å². The van der Waals surface area contributed by atoms with Gasteiger partial charge < -0.3 is 15.2 Å². The van der Waals surface area contributed by atoms with Gasteiger partial charge in [0.2, 0.25) is 0 Å². The van der Waals surface area contributed by atoms with Crippen LogP contribution < -0.4 is 5.32 Å². The van der Waals surface area contributed by atoms with Crippen molar-refractivity contribution >= 4 is 16.9 Å². The van der Waals surface area contributed by atoms with Crippen LogP contribution in [0.15, 0.2) is 30.5 Å². The quantitative estimate of drug-likeness (QED) is 0.841. The number of aromatic amines is 1. The highest BCUT2D eigenvalue weighted by atomic mass is 16.2. The van der Waals surface area contributed by atoms with Crippen molar-refractivity contribution in [1.82, 2.24) is 20.1 Å². The van der Waals surface area contributed by atoms with Crippen LogP contribution in [0.3, 0.4) is 0 Å². The van der Waals surface area contributed by atoms with Crippen molar-refractivity contribution in [2.24, 2.45) is 0 Å². The summed E-state index contributed by atoms with van der Waals surface area (Å²) in [5, 5.41) is 4.42. The van der Waals surface area contributed by atoms with Crippen LogP contribution in [-0.2, 0) is 6.42 Å². The molecule has 2 saturated heterocycles. The molecule has 0 radical (unpaired) electrons. The number of urea groups is 1. The van der Waals surface area contributed by atoms with Gasteiger partial charge in [-0.15, -0.1) is 0 Å². The number of para-hydroxylation sites is 1. The minimum Gasteiger partial charge on any atom is -0.361 e. The minimum absolute atomic E-state index is 0.111. The summed E-state index contributed by atoms with van der Waals surface area (Å²) in [6, 6.07) is 9.71. The molecule has 2 amide bonds. The first-order valence-electron chi connectivity index (χ1n) is 9.52. The number of aryl methyl sites for hydroxylation is 1. The first-order chi connectivity index (χ1) is 12.2. The van der Waals surface area contributed by atoms with E-state index in [-0.39, 0.29) is 6.03 Å². The summed E-state index contributed by atoms with van der Waals surface area (Å²) in [6.45, 7) is 2.50. The molecule has 2 aliphatic rings. The van der Waals surface area contributed by atoms with Gasteiger partial charge in [0.25, 0.3) is 0 Å². The molecule has 5 heteroatoms. The molecule has 3 heterocycles. The monoisotopic (exact) mass is 340 g/mol. The minimum atomic E-state index is 0.111. The number of carbonyl (C=O) groups is 1. The summed E-state index contributed by atoms with van der Waals surface area (Å²) in [4.78, 5) is 20.3. The number of aromatic nitrogens is 1. The van der Waals surface area contributed by atoms with E-state index in [0.29, 0.717) is 12.1 Å². The van der Waals surface area contributed by atoms with Gasteiger partial charge >= 0.3 is 6.03 Å². The number of hydrogen-bond acceptors (Lipinski definition) is 2. The number of fused-ring (bicyclic) bond motifs is 3. The van der Waals surface area contributed by atoms with Crippen molar-refractivity contribution in [1.29, 1.82) is 0 Å². The number of nitrogens with one attached hydrogen (secondary N) is 2. The molecule has 2 N–H and O–H groups in total. The lowest BCUT2D eigenvalue weighted by Crippen LogP contribution is -2.45. The Morgan fingerprint density at radius 2 is 2.08 bits per heavy atom. The highest BCUT2D eigenvalue weighted by Gasteiger charge is 2.35. The molecular weight excluding hydrogens is 312 g/mol. The fourth-order valence-electron chi connectivity index (χ4n) is 4.42. The zero-order valence-corrected chi connectivity index (χ0v) is 15.0. The molecule has 1 aromatic carbocycles. The van der Waals surface area contributed by atoms with Gasteiger partial charge in [-0.3, -0.25) is 4.90 Å². The molecule has 5 nitrogen and oxygen atoms in total. The van der Waals surface area contributed by atoms with Gasteiger partial charge in [-0.05, 0) is 50.8 Å². The summed E-state index contributed by atoms with van der Waals surface area (Å²) in [5.74, 6) is 0. The van der Waals surface area contributed by atoms with Crippen LogP contribution in [0.4, 0.5) is 4.79 Å². The largest absolute Gasteiger partial charge is 0.361 e. The SMILES string of the molecule is CN1[C@H]2CC[C@H]1CN(C(=O)NCCCc1c[nH]c3ccccc13)CC2. The van der Waals surface area contributed by atoms with Crippen LogP contribution in [0.5, 0.6) is 0 Å². The Kier molecular flexibility index (Phi) is 4.66. The van der Waals surface area contributed by atoms with Crippen molar-refractivity contribution in [3.05, 3.63) is 36.0 Å². The molecule has 2 fully saturated rings. The van der Waals surface area contributed by atoms with Crippen molar-refractivity contribution in [2.45, 2.75) is 44.2 Å². The molecule has 0 aliphatic carbocycles. The zero-order chi connectivity index (χ0) is 17.2. The predicted molar refractivity (Wildman–Crippen MR) is 101 cm³/mol. The Morgan fingerprint density at radius 1 is 1.24 bits per heavy atom. The van der Waals surface area contributed by atoms with E-state index in [1.807, 2.05) is 11.0 Å². The van der Waals surface area contributed by atoms with Crippen LogP contribution in [0.25, 0.3) is 10.9 Å². The number of carbonyl (C=O) groups excluding carboxylic acids is 1. The fraction of sp³-hybridized carbons (Fsp3) is 0.550. The van der Waals surface area contributed by atoms with Gasteiger partial charge in [0, 0.05) is 48.8 Å². The van der Waals surface area contributed by atoms with E-state index in [1.54, 1.807) is 0 Å². The van der Waals surface area contributed by atoms with E-state index in [9.17, 15) is 4.79 Å². The van der Waals surface area contributed by atoms with E-state index < -0.39 is 0 Å². The van der Waals surface area contributed by atoms with Crippen LogP contribution in [0.2, 0.25) is 0 Å². The van der Waals surface area contributed by atoms with Crippen LogP contribution >= 0.6 is 0 Å². The number of hydrogen-bond donors (Lipinski definition) is 2. The smallest absolute Gasteiger partial charge is 0.317 e. The molecule has 0 unspecified atom stereocenters. The fourth-order valence-corrected chi connectivity index (χ4v) is 4.42. The van der Waals surface area contributed by atoms with E-state index in [1.165, 1.54) is 29.3 Å². The molecule has 2 bridgehead atoms. The van der Waals surface area contributed by atoms with Gasteiger partial charge in [-0.1, -0.05) is 18.2 Å². The second-order valence-corrected chi connectivity index (χ2v) is 7.48. The summed E-state index contributed by atoms with van der Waals surface area (Å²) in [5.41, 5.74) is 2.52. The van der Waals surface area contributed by atoms with Crippen LogP contribution in [-0.4, -0.2) is 59.6 Å². The Hall–Kier alpha value is -2.01. The number of rotatable bonds is 4. The maximum Gasteiger partial charge on any atom is 0.317 e. The highest BCUT2D eigenvalue weighted by molar-refractivity contribution is 5.83. The number of amides is 2. The Bertz CT molecular complexity index is 740. The lowest BCUT2D eigenvalue weighted by Gasteiger charge is -2.26. The average Bonchev–Trinajstić information content (AvgIpc) is 3.12. The summed E-state index contributed by atoms with van der Waals surface area (Å²) in [6.07, 6.45) is 7.67. The number of likely N-dealkylation sites (tertiary alicyclic amines) is 1. The normalized spacial score (nSPS) is 23.8. The molecule has 25 heavy (non-hydrogen) atoms. The summed E-state index contributed by atoms with van der Waals surface area (Å²) >= 11 is 0. The molecule has 0 spiro atoms. The maximum atomic E-state index is 12.5. The lowest BCUT2D eigenvalue weighted by atomic mass is 10.1. The zero-order valence-electron chi connectivity index (χ0n) is 15.0. The van der Waals surface area contributed by atoms with E-state index >= 15 is 0 Å². The second kappa shape index (κ2) is 7.08. The summed E-state index contributed by atoms with van der Waals surface area (Å²) in [7, 11) is 2.21. The van der Waals surface area contributed by atoms with Gasteiger partial charge in [0.15, 0.2) is 0 Å².